The van der Waals surface area contributed by atoms with Gasteiger partial charge in [-0.1, -0.05) is 29.4 Å². The molecule has 3 aromatic rings. The fourth-order valence-electron chi connectivity index (χ4n) is 4.31. The van der Waals surface area contributed by atoms with Gasteiger partial charge in [0.1, 0.15) is 0 Å². The Morgan fingerprint density at radius 3 is 2.19 bits per heavy atom. The largest absolute Gasteiger partial charge is 0.351 e. The van der Waals surface area contributed by atoms with E-state index in [1.54, 1.807) is 42.4 Å². The highest BCUT2D eigenvalue weighted by Crippen LogP contribution is 2.37. The second-order valence-corrected chi connectivity index (χ2v) is 8.26. The number of carbonyl (C=O) groups excluding carboxylic acids is 2. The molecule has 0 saturated carbocycles. The fraction of sp³-hybridized carbons (Fsp3) is 0.333. The van der Waals surface area contributed by atoms with E-state index in [0.29, 0.717) is 32.4 Å². The van der Waals surface area contributed by atoms with E-state index in [0.717, 1.165) is 16.7 Å². The quantitative estimate of drug-likeness (QED) is 0.635. The molecule has 7 nitrogen and oxygen atoms in total. The molecule has 1 fully saturated rings. The van der Waals surface area contributed by atoms with Gasteiger partial charge in [-0.15, -0.1) is 0 Å². The minimum atomic E-state index is -0.528. The third kappa shape index (κ3) is 4.35. The van der Waals surface area contributed by atoms with Crippen LogP contribution in [0.3, 0.4) is 0 Å². The molecule has 2 aromatic heterocycles. The van der Waals surface area contributed by atoms with Crippen molar-refractivity contribution in [3.05, 3.63) is 72.4 Å². The highest BCUT2D eigenvalue weighted by molar-refractivity contribution is 5.91. The zero-order valence-corrected chi connectivity index (χ0v) is 17.8. The summed E-state index contributed by atoms with van der Waals surface area (Å²) >= 11 is 0. The second-order valence-electron chi connectivity index (χ2n) is 8.26. The van der Waals surface area contributed by atoms with E-state index in [2.05, 4.69) is 34.4 Å². The second kappa shape index (κ2) is 8.71. The number of carbonyl (C=O) groups is 2. The number of hydrogen-bond acceptors (Lipinski definition) is 5. The third-order valence-electron chi connectivity index (χ3n) is 6.03. The maximum absolute atomic E-state index is 13.2. The summed E-state index contributed by atoms with van der Waals surface area (Å²) in [7, 11) is 3.59. The van der Waals surface area contributed by atoms with Gasteiger partial charge in [0.05, 0.1) is 11.6 Å². The molecule has 1 aliphatic heterocycles. The number of piperidine rings is 1. The Labute approximate surface area is 181 Å². The average molecular weight is 418 g/mol. The number of pyridine rings is 1. The van der Waals surface area contributed by atoms with Crippen molar-refractivity contribution in [3.8, 4) is 11.1 Å². The van der Waals surface area contributed by atoms with Crippen molar-refractivity contribution in [1.29, 1.82) is 0 Å². The lowest BCUT2D eigenvalue weighted by Crippen LogP contribution is -2.50. The van der Waals surface area contributed by atoms with Crippen LogP contribution in [0.15, 0.2) is 65.6 Å². The predicted molar refractivity (Wildman–Crippen MR) is 116 cm³/mol. The molecule has 0 bridgehead atoms. The maximum atomic E-state index is 13.2. The van der Waals surface area contributed by atoms with E-state index in [4.69, 9.17) is 4.52 Å². The molecule has 0 spiro atoms. The first kappa shape index (κ1) is 20.8. The topological polar surface area (TPSA) is 79.5 Å². The minimum absolute atomic E-state index is 0.109. The summed E-state index contributed by atoms with van der Waals surface area (Å²) in [6.45, 7) is 1.02. The Kier molecular flexibility index (Phi) is 5.84. The minimum Gasteiger partial charge on any atom is -0.351 e. The van der Waals surface area contributed by atoms with Gasteiger partial charge in [-0.05, 0) is 48.1 Å². The standard InChI is InChI=1S/C24H26N4O3/c1-27(2)23(30)24(10-15-28(16-11-24)22(29)21-9-14-26-31-21)17-18-3-5-19(6-4-18)20-7-12-25-13-8-20/h3-9,12-14H,10-11,15-17H2,1-2H3. The molecule has 1 aliphatic rings. The van der Waals surface area contributed by atoms with Gasteiger partial charge in [0.15, 0.2) is 0 Å². The van der Waals surface area contributed by atoms with E-state index >= 15 is 0 Å². The van der Waals surface area contributed by atoms with Crippen molar-refractivity contribution in [2.24, 2.45) is 5.41 Å². The highest BCUT2D eigenvalue weighted by atomic mass is 16.5. The van der Waals surface area contributed by atoms with Crippen LogP contribution in [0.4, 0.5) is 0 Å². The molecule has 0 atom stereocenters. The van der Waals surface area contributed by atoms with E-state index in [-0.39, 0.29) is 17.6 Å². The van der Waals surface area contributed by atoms with Gasteiger partial charge in [0.2, 0.25) is 11.7 Å². The molecule has 0 radical (unpaired) electrons. The van der Waals surface area contributed by atoms with E-state index < -0.39 is 5.41 Å². The summed E-state index contributed by atoms with van der Waals surface area (Å²) in [6.07, 6.45) is 6.88. The summed E-state index contributed by atoms with van der Waals surface area (Å²) in [5.41, 5.74) is 2.81. The lowest BCUT2D eigenvalue weighted by Gasteiger charge is -2.42. The number of benzene rings is 1. The van der Waals surface area contributed by atoms with Gasteiger partial charge in [-0.2, -0.15) is 0 Å². The number of hydrogen-bond donors (Lipinski definition) is 0. The first-order valence-corrected chi connectivity index (χ1v) is 10.4. The van der Waals surface area contributed by atoms with Crippen LogP contribution in [-0.2, 0) is 11.2 Å². The van der Waals surface area contributed by atoms with Crippen LogP contribution in [0.5, 0.6) is 0 Å². The van der Waals surface area contributed by atoms with Crippen molar-refractivity contribution >= 4 is 11.8 Å². The maximum Gasteiger partial charge on any atom is 0.292 e. The van der Waals surface area contributed by atoms with Crippen LogP contribution < -0.4 is 0 Å². The molecule has 0 N–H and O–H groups in total. The molecular weight excluding hydrogens is 392 g/mol. The Balaban J connectivity index is 1.51. The van der Waals surface area contributed by atoms with Crippen LogP contribution in [0, 0.1) is 5.41 Å². The predicted octanol–water partition coefficient (Wildman–Crippen LogP) is 3.29. The van der Waals surface area contributed by atoms with Crippen LogP contribution >= 0.6 is 0 Å². The Morgan fingerprint density at radius 1 is 0.968 bits per heavy atom. The highest BCUT2D eigenvalue weighted by Gasteiger charge is 2.43. The molecule has 0 aliphatic carbocycles. The van der Waals surface area contributed by atoms with Gasteiger partial charge < -0.3 is 14.3 Å². The monoisotopic (exact) mass is 418 g/mol. The zero-order chi connectivity index (χ0) is 21.8. The van der Waals surface area contributed by atoms with E-state index in [1.165, 1.54) is 6.20 Å². The van der Waals surface area contributed by atoms with Crippen molar-refractivity contribution in [1.82, 2.24) is 19.9 Å². The van der Waals surface area contributed by atoms with Crippen molar-refractivity contribution < 1.29 is 14.1 Å². The number of likely N-dealkylation sites (tertiary alicyclic amines) is 1. The zero-order valence-electron chi connectivity index (χ0n) is 17.8. The molecule has 2 amide bonds. The molecule has 0 unspecified atom stereocenters. The van der Waals surface area contributed by atoms with Crippen molar-refractivity contribution in [2.45, 2.75) is 19.3 Å². The lowest BCUT2D eigenvalue weighted by atomic mass is 9.72. The first-order chi connectivity index (χ1) is 15.0. The van der Waals surface area contributed by atoms with Crippen LogP contribution in [-0.4, -0.2) is 58.9 Å². The molecule has 1 aromatic carbocycles. The molecule has 31 heavy (non-hydrogen) atoms. The molecule has 3 heterocycles. The average Bonchev–Trinajstić information content (AvgIpc) is 3.35. The molecular formula is C24H26N4O3. The van der Waals surface area contributed by atoms with Gasteiger partial charge in [-0.3, -0.25) is 14.6 Å². The smallest absolute Gasteiger partial charge is 0.292 e. The first-order valence-electron chi connectivity index (χ1n) is 10.4. The summed E-state index contributed by atoms with van der Waals surface area (Å²) < 4.78 is 5.01. The van der Waals surface area contributed by atoms with Gasteiger partial charge in [0, 0.05) is 45.6 Å². The Bertz CT molecular complexity index is 1020. The van der Waals surface area contributed by atoms with Crippen LogP contribution in [0.1, 0.15) is 29.0 Å². The molecule has 160 valence electrons. The summed E-state index contributed by atoms with van der Waals surface area (Å²) in [5.74, 6) is 0.167. The van der Waals surface area contributed by atoms with Crippen LogP contribution in [0.25, 0.3) is 11.1 Å². The fourth-order valence-corrected chi connectivity index (χ4v) is 4.31. The number of nitrogens with zero attached hydrogens (tertiary/aromatic N) is 4. The summed E-state index contributed by atoms with van der Waals surface area (Å²) in [5, 5.41) is 3.62. The normalized spacial score (nSPS) is 15.5. The van der Waals surface area contributed by atoms with Crippen LogP contribution in [0.2, 0.25) is 0 Å². The Morgan fingerprint density at radius 2 is 1.61 bits per heavy atom. The number of rotatable bonds is 5. The Hall–Kier alpha value is -3.48. The van der Waals surface area contributed by atoms with E-state index in [1.807, 2.05) is 12.1 Å². The third-order valence-corrected chi connectivity index (χ3v) is 6.03. The molecule has 7 heteroatoms. The van der Waals surface area contributed by atoms with E-state index in [9.17, 15) is 9.59 Å². The van der Waals surface area contributed by atoms with Gasteiger partial charge in [-0.25, -0.2) is 0 Å². The number of amides is 2. The summed E-state index contributed by atoms with van der Waals surface area (Å²) in [6, 6.07) is 13.9. The molecule has 4 rings (SSSR count). The van der Waals surface area contributed by atoms with Gasteiger partial charge >= 0.3 is 0 Å². The molecule has 1 saturated heterocycles. The van der Waals surface area contributed by atoms with Crippen molar-refractivity contribution in [3.63, 3.8) is 0 Å². The summed E-state index contributed by atoms with van der Waals surface area (Å²) in [4.78, 5) is 33.3. The lowest BCUT2D eigenvalue weighted by molar-refractivity contribution is -0.142. The number of aromatic nitrogens is 2. The van der Waals surface area contributed by atoms with Gasteiger partial charge in [0.25, 0.3) is 5.91 Å². The SMILES string of the molecule is CN(C)C(=O)C1(Cc2ccc(-c3ccncc3)cc2)CCN(C(=O)c2ccno2)CC1. The van der Waals surface area contributed by atoms with Crippen molar-refractivity contribution in [2.75, 3.05) is 27.2 Å².